The normalized spacial score (nSPS) is 11.4. The van der Waals surface area contributed by atoms with Crippen LogP contribution in [0.4, 0.5) is 8.78 Å². The van der Waals surface area contributed by atoms with Crippen LogP contribution in [0, 0.1) is 11.6 Å². The van der Waals surface area contributed by atoms with Gasteiger partial charge in [-0.2, -0.15) is 0 Å². The number of rotatable bonds is 5. The first kappa shape index (κ1) is 17.1. The van der Waals surface area contributed by atoms with Crippen molar-refractivity contribution >= 4 is 5.76 Å². The third-order valence-electron chi connectivity index (χ3n) is 3.34. The lowest BCUT2D eigenvalue weighted by Crippen LogP contribution is -2.19. The van der Waals surface area contributed by atoms with Gasteiger partial charge in [0.05, 0.1) is 12.2 Å². The second kappa shape index (κ2) is 6.46. The van der Waals surface area contributed by atoms with Crippen LogP contribution in [0.5, 0.6) is 0 Å². The van der Waals surface area contributed by atoms with Gasteiger partial charge in [0.1, 0.15) is 23.0 Å². The maximum atomic E-state index is 14.8. The molecule has 0 bridgehead atoms. The molecule has 0 aliphatic carbocycles. The summed E-state index contributed by atoms with van der Waals surface area (Å²) in [6.07, 6.45) is 0. The Bertz CT molecular complexity index is 719. The van der Waals surface area contributed by atoms with E-state index < -0.39 is 17.2 Å². The van der Waals surface area contributed by atoms with Crippen LogP contribution in [0.15, 0.2) is 36.9 Å². The van der Waals surface area contributed by atoms with Crippen LogP contribution in [0.1, 0.15) is 32.0 Å². The number of aliphatic hydroxyl groups is 1. The van der Waals surface area contributed by atoms with Crippen molar-refractivity contribution < 1.29 is 18.6 Å². The number of hydrogen-bond acceptors (Lipinski definition) is 3. The van der Waals surface area contributed by atoms with Crippen LogP contribution < -0.4 is 0 Å². The highest BCUT2D eigenvalue weighted by atomic mass is 19.1. The summed E-state index contributed by atoms with van der Waals surface area (Å²) in [4.78, 5) is 4.23. The van der Waals surface area contributed by atoms with Crippen LogP contribution in [0.3, 0.4) is 0 Å². The molecule has 0 spiro atoms. The number of pyridine rings is 1. The van der Waals surface area contributed by atoms with Gasteiger partial charge in [-0.15, -0.1) is 0 Å². The summed E-state index contributed by atoms with van der Waals surface area (Å²) in [6.45, 7) is 8.91. The molecule has 122 valence electrons. The maximum absolute atomic E-state index is 14.8. The number of nitrogens with zero attached hydrogens (tertiary/aromatic N) is 1. The molecule has 0 atom stereocenters. The fourth-order valence-electron chi connectivity index (χ4n) is 2.16. The molecule has 0 aliphatic heterocycles. The van der Waals surface area contributed by atoms with Crippen molar-refractivity contribution in [3.05, 3.63) is 59.8 Å². The lowest BCUT2D eigenvalue weighted by molar-refractivity contribution is 0.0744. The standard InChI is InChI=1S/C18H19F2NO2/c1-5-23-11(2)15-10-14(18(3,4)22)16(20)17(21-15)12-6-8-13(19)9-7-12/h6-10,22H,2,5H2,1,3-4H3. The predicted molar refractivity (Wildman–Crippen MR) is 85.5 cm³/mol. The van der Waals surface area contributed by atoms with E-state index in [0.717, 1.165) is 0 Å². The molecule has 0 saturated carbocycles. The molecule has 0 unspecified atom stereocenters. The molecule has 1 aromatic carbocycles. The van der Waals surface area contributed by atoms with Crippen molar-refractivity contribution in [2.45, 2.75) is 26.4 Å². The van der Waals surface area contributed by atoms with Crippen LogP contribution in [0.2, 0.25) is 0 Å². The summed E-state index contributed by atoms with van der Waals surface area (Å²) in [7, 11) is 0. The van der Waals surface area contributed by atoms with Crippen molar-refractivity contribution in [3.8, 4) is 11.3 Å². The minimum absolute atomic E-state index is 0.0143. The monoisotopic (exact) mass is 319 g/mol. The van der Waals surface area contributed by atoms with Crippen LogP contribution >= 0.6 is 0 Å². The molecular weight excluding hydrogens is 300 g/mol. The molecule has 0 amide bonds. The molecule has 0 fully saturated rings. The fourth-order valence-corrected chi connectivity index (χ4v) is 2.16. The third-order valence-corrected chi connectivity index (χ3v) is 3.34. The molecule has 1 heterocycles. The summed E-state index contributed by atoms with van der Waals surface area (Å²) in [5.74, 6) is -0.801. The Kier molecular flexibility index (Phi) is 4.80. The SMILES string of the molecule is C=C(OCC)c1cc(C(C)(C)O)c(F)c(-c2ccc(F)cc2)n1. The number of benzene rings is 1. The number of hydrogen-bond donors (Lipinski definition) is 1. The third kappa shape index (κ3) is 3.74. The van der Waals surface area contributed by atoms with Crippen LogP contribution in [-0.2, 0) is 10.3 Å². The van der Waals surface area contributed by atoms with E-state index in [0.29, 0.717) is 17.9 Å². The van der Waals surface area contributed by atoms with Crippen molar-refractivity contribution in [1.29, 1.82) is 0 Å². The first-order valence-electron chi connectivity index (χ1n) is 7.25. The van der Waals surface area contributed by atoms with Crippen molar-refractivity contribution in [2.24, 2.45) is 0 Å². The van der Waals surface area contributed by atoms with E-state index >= 15 is 0 Å². The molecule has 2 aromatic rings. The topological polar surface area (TPSA) is 42.4 Å². The summed E-state index contributed by atoms with van der Waals surface area (Å²) in [6, 6.07) is 6.74. The molecule has 5 heteroatoms. The molecule has 0 radical (unpaired) electrons. The van der Waals surface area contributed by atoms with Gasteiger partial charge in [0.15, 0.2) is 5.82 Å². The maximum Gasteiger partial charge on any atom is 0.155 e. The van der Waals surface area contributed by atoms with Gasteiger partial charge in [-0.1, -0.05) is 6.58 Å². The molecule has 0 saturated heterocycles. The zero-order valence-corrected chi connectivity index (χ0v) is 13.4. The van der Waals surface area contributed by atoms with Crippen LogP contribution in [-0.4, -0.2) is 16.7 Å². The highest BCUT2D eigenvalue weighted by Crippen LogP contribution is 2.32. The van der Waals surface area contributed by atoms with Gasteiger partial charge in [-0.3, -0.25) is 0 Å². The van der Waals surface area contributed by atoms with E-state index in [1.54, 1.807) is 6.92 Å². The molecule has 1 aromatic heterocycles. The Morgan fingerprint density at radius 1 is 1.26 bits per heavy atom. The second-order valence-electron chi connectivity index (χ2n) is 5.64. The van der Waals surface area contributed by atoms with E-state index in [1.807, 2.05) is 0 Å². The molecule has 0 aliphatic rings. The number of aromatic nitrogens is 1. The zero-order chi connectivity index (χ0) is 17.2. The average Bonchev–Trinajstić information content (AvgIpc) is 2.47. The Balaban J connectivity index is 2.67. The molecule has 23 heavy (non-hydrogen) atoms. The predicted octanol–water partition coefficient (Wildman–Crippen LogP) is 4.26. The number of ether oxygens (including phenoxy) is 1. The summed E-state index contributed by atoms with van der Waals surface area (Å²) in [5.41, 5.74) is -0.600. The minimum atomic E-state index is -1.41. The summed E-state index contributed by atoms with van der Waals surface area (Å²) < 4.78 is 33.2. The van der Waals surface area contributed by atoms with E-state index in [2.05, 4.69) is 11.6 Å². The van der Waals surface area contributed by atoms with Crippen molar-refractivity contribution in [1.82, 2.24) is 4.98 Å². The molecule has 1 N–H and O–H groups in total. The van der Waals surface area contributed by atoms with Gasteiger partial charge in [0.2, 0.25) is 0 Å². The highest BCUT2D eigenvalue weighted by Gasteiger charge is 2.26. The zero-order valence-electron chi connectivity index (χ0n) is 13.4. The average molecular weight is 319 g/mol. The Labute approximate surface area is 134 Å². The molecule has 3 nitrogen and oxygen atoms in total. The van der Waals surface area contributed by atoms with Gasteiger partial charge in [-0.05, 0) is 51.1 Å². The molecule has 2 rings (SSSR count). The second-order valence-corrected chi connectivity index (χ2v) is 5.64. The van der Waals surface area contributed by atoms with Gasteiger partial charge in [0.25, 0.3) is 0 Å². The highest BCUT2D eigenvalue weighted by molar-refractivity contribution is 5.65. The lowest BCUT2D eigenvalue weighted by Gasteiger charge is -2.21. The van der Waals surface area contributed by atoms with E-state index in [-0.39, 0.29) is 17.0 Å². The van der Waals surface area contributed by atoms with E-state index in [4.69, 9.17) is 4.74 Å². The quantitative estimate of drug-likeness (QED) is 0.837. The lowest BCUT2D eigenvalue weighted by atomic mass is 9.95. The van der Waals surface area contributed by atoms with Crippen molar-refractivity contribution in [3.63, 3.8) is 0 Å². The van der Waals surface area contributed by atoms with Crippen molar-refractivity contribution in [2.75, 3.05) is 6.61 Å². The first-order valence-corrected chi connectivity index (χ1v) is 7.25. The summed E-state index contributed by atoms with van der Waals surface area (Å²) >= 11 is 0. The largest absolute Gasteiger partial charge is 0.492 e. The minimum Gasteiger partial charge on any atom is -0.492 e. The summed E-state index contributed by atoms with van der Waals surface area (Å²) in [5, 5.41) is 10.2. The van der Waals surface area contributed by atoms with E-state index in [9.17, 15) is 13.9 Å². The number of halogens is 2. The van der Waals surface area contributed by atoms with E-state index in [1.165, 1.54) is 44.2 Å². The Morgan fingerprint density at radius 2 is 1.87 bits per heavy atom. The smallest absolute Gasteiger partial charge is 0.155 e. The van der Waals surface area contributed by atoms with Crippen LogP contribution in [0.25, 0.3) is 17.0 Å². The molecular formula is C18H19F2NO2. The van der Waals surface area contributed by atoms with Gasteiger partial charge < -0.3 is 9.84 Å². The van der Waals surface area contributed by atoms with Gasteiger partial charge in [-0.25, -0.2) is 13.8 Å². The first-order chi connectivity index (χ1) is 10.7. The fraction of sp³-hybridized carbons (Fsp3) is 0.278. The Hall–Kier alpha value is -2.27. The van der Waals surface area contributed by atoms with Gasteiger partial charge in [0, 0.05) is 11.1 Å². The van der Waals surface area contributed by atoms with Gasteiger partial charge >= 0.3 is 0 Å². The Morgan fingerprint density at radius 3 is 2.39 bits per heavy atom.